The average molecular weight is 349 g/mol. The number of amides is 2. The van der Waals surface area contributed by atoms with E-state index in [4.69, 9.17) is 4.74 Å². The predicted octanol–water partition coefficient (Wildman–Crippen LogP) is 3.09. The molecule has 0 radical (unpaired) electrons. The molecule has 0 bridgehead atoms. The first-order valence-electron chi connectivity index (χ1n) is 8.85. The second kappa shape index (κ2) is 6.75. The summed E-state index contributed by atoms with van der Waals surface area (Å²) in [6.45, 7) is 0.740. The van der Waals surface area contributed by atoms with Crippen molar-refractivity contribution in [2.24, 2.45) is 5.92 Å². The van der Waals surface area contributed by atoms with E-state index in [1.165, 1.54) is 11.0 Å². The highest BCUT2D eigenvalue weighted by molar-refractivity contribution is 6.21. The summed E-state index contributed by atoms with van der Waals surface area (Å²) < 4.78 is 5.26. The van der Waals surface area contributed by atoms with Gasteiger partial charge in [-0.2, -0.15) is 0 Å². The van der Waals surface area contributed by atoms with E-state index in [2.05, 4.69) is 0 Å². The topological polar surface area (TPSA) is 63.7 Å². The summed E-state index contributed by atoms with van der Waals surface area (Å²) in [4.78, 5) is 38.5. The fourth-order valence-electron chi connectivity index (χ4n) is 3.07. The Bertz CT molecular complexity index is 871. The van der Waals surface area contributed by atoms with Crippen molar-refractivity contribution in [2.75, 3.05) is 13.2 Å². The summed E-state index contributed by atoms with van der Waals surface area (Å²) in [5, 5.41) is 0. The zero-order chi connectivity index (χ0) is 18.1. The minimum Gasteiger partial charge on any atom is -0.462 e. The van der Waals surface area contributed by atoms with Gasteiger partial charge in [-0.1, -0.05) is 30.3 Å². The second-order valence-corrected chi connectivity index (χ2v) is 6.80. The Kier molecular flexibility index (Phi) is 4.29. The summed E-state index contributed by atoms with van der Waals surface area (Å²) in [5.74, 6) is -0.621. The molecule has 2 amide bonds. The standard InChI is InChI=1S/C21H19NO4/c23-19-17-9-8-16(21(25)26-13-15-6-7-15)12-18(17)20(24)22(19)11-10-14-4-2-1-3-5-14/h1-5,8-9,12,15H,6-7,10-11,13H2. The zero-order valence-corrected chi connectivity index (χ0v) is 14.3. The van der Waals surface area contributed by atoms with E-state index < -0.39 is 5.97 Å². The number of rotatable bonds is 6. The number of carbonyl (C=O) groups excluding carboxylic acids is 3. The molecule has 1 saturated carbocycles. The summed E-state index contributed by atoms with van der Waals surface area (Å²) in [5.41, 5.74) is 2.01. The Morgan fingerprint density at radius 3 is 2.46 bits per heavy atom. The van der Waals surface area contributed by atoms with Crippen LogP contribution in [0.1, 0.15) is 49.5 Å². The lowest BCUT2D eigenvalue weighted by Crippen LogP contribution is -2.31. The summed E-state index contributed by atoms with van der Waals surface area (Å²) in [6, 6.07) is 14.3. The van der Waals surface area contributed by atoms with Gasteiger partial charge in [0.2, 0.25) is 0 Å². The molecule has 132 valence electrons. The van der Waals surface area contributed by atoms with E-state index in [1.54, 1.807) is 12.1 Å². The number of hydrogen-bond donors (Lipinski definition) is 0. The van der Waals surface area contributed by atoms with Crippen LogP contribution >= 0.6 is 0 Å². The molecule has 0 spiro atoms. The van der Waals surface area contributed by atoms with Crippen molar-refractivity contribution in [2.45, 2.75) is 19.3 Å². The van der Waals surface area contributed by atoms with E-state index in [0.29, 0.717) is 36.6 Å². The van der Waals surface area contributed by atoms with E-state index in [-0.39, 0.29) is 17.4 Å². The van der Waals surface area contributed by atoms with Crippen molar-refractivity contribution >= 4 is 17.8 Å². The molecule has 26 heavy (non-hydrogen) atoms. The highest BCUT2D eigenvalue weighted by atomic mass is 16.5. The van der Waals surface area contributed by atoms with Crippen LogP contribution in [0.5, 0.6) is 0 Å². The van der Waals surface area contributed by atoms with Gasteiger partial charge in [0.1, 0.15) is 0 Å². The van der Waals surface area contributed by atoms with Crippen molar-refractivity contribution in [3.8, 4) is 0 Å². The molecule has 1 aliphatic heterocycles. The Hall–Kier alpha value is -2.95. The van der Waals surface area contributed by atoms with Gasteiger partial charge >= 0.3 is 5.97 Å². The van der Waals surface area contributed by atoms with Crippen LogP contribution in [0.25, 0.3) is 0 Å². The Balaban J connectivity index is 1.47. The number of fused-ring (bicyclic) bond motifs is 1. The van der Waals surface area contributed by atoms with Crippen LogP contribution in [-0.4, -0.2) is 35.8 Å². The maximum atomic E-state index is 12.6. The molecular weight excluding hydrogens is 330 g/mol. The molecule has 5 heteroatoms. The minimum absolute atomic E-state index is 0.281. The van der Waals surface area contributed by atoms with Crippen molar-refractivity contribution < 1.29 is 19.1 Å². The molecule has 1 heterocycles. The van der Waals surface area contributed by atoms with Crippen molar-refractivity contribution in [3.05, 3.63) is 70.8 Å². The maximum absolute atomic E-state index is 12.6. The van der Waals surface area contributed by atoms with E-state index in [1.807, 2.05) is 30.3 Å². The lowest BCUT2D eigenvalue weighted by Gasteiger charge is -2.13. The number of carbonyl (C=O) groups is 3. The fourth-order valence-corrected chi connectivity index (χ4v) is 3.07. The second-order valence-electron chi connectivity index (χ2n) is 6.80. The molecule has 1 aliphatic carbocycles. The van der Waals surface area contributed by atoms with Gasteiger partial charge in [-0.3, -0.25) is 14.5 Å². The molecule has 2 aliphatic rings. The largest absolute Gasteiger partial charge is 0.462 e. The van der Waals surface area contributed by atoms with Crippen LogP contribution in [-0.2, 0) is 11.2 Å². The van der Waals surface area contributed by atoms with Gasteiger partial charge in [0, 0.05) is 6.54 Å². The predicted molar refractivity (Wildman–Crippen MR) is 95.0 cm³/mol. The summed E-state index contributed by atoms with van der Waals surface area (Å²) in [7, 11) is 0. The Morgan fingerprint density at radius 2 is 1.73 bits per heavy atom. The first kappa shape index (κ1) is 16.5. The molecule has 0 unspecified atom stereocenters. The number of imide groups is 1. The molecule has 0 N–H and O–H groups in total. The smallest absolute Gasteiger partial charge is 0.338 e. The Labute approximate surface area is 151 Å². The highest BCUT2D eigenvalue weighted by Gasteiger charge is 2.36. The normalized spacial score (nSPS) is 15.9. The van der Waals surface area contributed by atoms with Crippen LogP contribution in [0.2, 0.25) is 0 Å². The minimum atomic E-state index is -0.442. The van der Waals surface area contributed by atoms with Crippen LogP contribution in [0, 0.1) is 5.92 Å². The van der Waals surface area contributed by atoms with Gasteiger partial charge < -0.3 is 4.74 Å². The van der Waals surface area contributed by atoms with Gasteiger partial charge in [0.15, 0.2) is 0 Å². The third kappa shape index (κ3) is 3.25. The molecule has 2 aromatic carbocycles. The molecule has 0 aromatic heterocycles. The fraction of sp³-hybridized carbons (Fsp3) is 0.286. The molecule has 0 atom stereocenters. The molecule has 2 aromatic rings. The first-order valence-corrected chi connectivity index (χ1v) is 8.85. The van der Waals surface area contributed by atoms with Crippen LogP contribution in [0.4, 0.5) is 0 Å². The van der Waals surface area contributed by atoms with Crippen molar-refractivity contribution in [3.63, 3.8) is 0 Å². The third-order valence-corrected chi connectivity index (χ3v) is 4.82. The molecule has 1 fully saturated rings. The highest BCUT2D eigenvalue weighted by Crippen LogP contribution is 2.29. The van der Waals surface area contributed by atoms with Crippen molar-refractivity contribution in [1.82, 2.24) is 4.90 Å². The molecule has 5 nitrogen and oxygen atoms in total. The van der Waals surface area contributed by atoms with Crippen LogP contribution in [0.15, 0.2) is 48.5 Å². The number of hydrogen-bond acceptors (Lipinski definition) is 4. The van der Waals surface area contributed by atoms with Gasteiger partial charge in [-0.15, -0.1) is 0 Å². The Morgan fingerprint density at radius 1 is 1.00 bits per heavy atom. The lowest BCUT2D eigenvalue weighted by molar-refractivity contribution is 0.0485. The summed E-state index contributed by atoms with van der Waals surface area (Å²) in [6.07, 6.45) is 2.80. The van der Waals surface area contributed by atoms with Gasteiger partial charge in [0.05, 0.1) is 23.3 Å². The quantitative estimate of drug-likeness (QED) is 0.594. The van der Waals surface area contributed by atoms with Crippen molar-refractivity contribution in [1.29, 1.82) is 0 Å². The van der Waals surface area contributed by atoms with Gasteiger partial charge in [-0.25, -0.2) is 4.79 Å². The van der Waals surface area contributed by atoms with Crippen LogP contribution < -0.4 is 0 Å². The SMILES string of the molecule is O=C(OCC1CC1)c1ccc2c(c1)C(=O)N(CCc1ccccc1)C2=O. The lowest BCUT2D eigenvalue weighted by atomic mass is 10.1. The van der Waals surface area contributed by atoms with E-state index in [0.717, 1.165) is 18.4 Å². The average Bonchev–Trinajstić information content (AvgIpc) is 3.47. The molecule has 4 rings (SSSR count). The number of nitrogens with zero attached hydrogens (tertiary/aromatic N) is 1. The maximum Gasteiger partial charge on any atom is 0.338 e. The summed E-state index contributed by atoms with van der Waals surface area (Å²) >= 11 is 0. The van der Waals surface area contributed by atoms with E-state index in [9.17, 15) is 14.4 Å². The monoisotopic (exact) mass is 349 g/mol. The van der Waals surface area contributed by atoms with Gasteiger partial charge in [-0.05, 0) is 48.9 Å². The zero-order valence-electron chi connectivity index (χ0n) is 14.3. The molecular formula is C21H19NO4. The van der Waals surface area contributed by atoms with E-state index >= 15 is 0 Å². The number of ether oxygens (including phenoxy) is 1. The number of esters is 1. The van der Waals surface area contributed by atoms with Gasteiger partial charge in [0.25, 0.3) is 11.8 Å². The third-order valence-electron chi connectivity index (χ3n) is 4.82. The number of benzene rings is 2. The molecule has 0 saturated heterocycles. The van der Waals surface area contributed by atoms with Crippen LogP contribution in [0.3, 0.4) is 0 Å². The first-order chi connectivity index (χ1) is 12.6.